The molecule has 0 spiro atoms. The highest BCUT2D eigenvalue weighted by molar-refractivity contribution is 7.92. The van der Waals surface area contributed by atoms with Crippen molar-refractivity contribution >= 4 is 21.6 Å². The Balaban J connectivity index is 1.69. The molecule has 2 saturated heterocycles. The standard InChI is InChI=1S/C16H23N3O3S/c1-18-11-12-23(21,22)15-8-10-19(9-7-14(15)18)16(20)17-13-5-3-2-4-6-13/h2-6,14-15H,7-12H2,1H3,(H,17,20)/t14-,15+/m0/s1. The van der Waals surface area contributed by atoms with Gasteiger partial charge in [0.15, 0.2) is 9.84 Å². The Bertz CT molecular complexity index is 662. The maximum Gasteiger partial charge on any atom is 0.321 e. The predicted molar refractivity (Wildman–Crippen MR) is 90.3 cm³/mol. The molecule has 0 bridgehead atoms. The second kappa shape index (κ2) is 6.49. The molecule has 2 atom stereocenters. The first-order chi connectivity index (χ1) is 11.0. The number of anilines is 1. The summed E-state index contributed by atoms with van der Waals surface area (Å²) in [4.78, 5) is 16.3. The zero-order valence-electron chi connectivity index (χ0n) is 13.3. The van der Waals surface area contributed by atoms with E-state index in [9.17, 15) is 13.2 Å². The van der Waals surface area contributed by atoms with Crippen molar-refractivity contribution in [3.05, 3.63) is 30.3 Å². The number of sulfone groups is 1. The van der Waals surface area contributed by atoms with Gasteiger partial charge in [-0.25, -0.2) is 13.2 Å². The summed E-state index contributed by atoms with van der Waals surface area (Å²) in [5.41, 5.74) is 0.754. The van der Waals surface area contributed by atoms with E-state index in [-0.39, 0.29) is 23.1 Å². The van der Waals surface area contributed by atoms with Gasteiger partial charge in [-0.1, -0.05) is 18.2 Å². The van der Waals surface area contributed by atoms with Crippen LogP contribution in [0.15, 0.2) is 30.3 Å². The van der Waals surface area contributed by atoms with Gasteiger partial charge in [-0.15, -0.1) is 0 Å². The van der Waals surface area contributed by atoms with Gasteiger partial charge in [-0.2, -0.15) is 0 Å². The molecule has 1 aromatic carbocycles. The molecule has 2 heterocycles. The Morgan fingerprint density at radius 1 is 1.13 bits per heavy atom. The number of likely N-dealkylation sites (tertiary alicyclic amines) is 1. The lowest BCUT2D eigenvalue weighted by molar-refractivity contribution is 0.205. The second-order valence-corrected chi connectivity index (χ2v) is 8.65. The number of amides is 2. The van der Waals surface area contributed by atoms with Crippen LogP contribution in [0.4, 0.5) is 10.5 Å². The van der Waals surface area contributed by atoms with Gasteiger partial charge in [0.2, 0.25) is 0 Å². The van der Waals surface area contributed by atoms with Crippen molar-refractivity contribution in [1.82, 2.24) is 9.80 Å². The molecule has 3 rings (SSSR count). The van der Waals surface area contributed by atoms with Crippen LogP contribution in [0.5, 0.6) is 0 Å². The Labute approximate surface area is 137 Å². The van der Waals surface area contributed by atoms with Crippen molar-refractivity contribution in [3.63, 3.8) is 0 Å². The quantitative estimate of drug-likeness (QED) is 0.841. The van der Waals surface area contributed by atoms with Crippen molar-refractivity contribution in [3.8, 4) is 0 Å². The van der Waals surface area contributed by atoms with Crippen LogP contribution in [-0.2, 0) is 9.84 Å². The summed E-state index contributed by atoms with van der Waals surface area (Å²) < 4.78 is 24.7. The molecule has 2 amide bonds. The summed E-state index contributed by atoms with van der Waals surface area (Å²) in [5.74, 6) is 0.223. The largest absolute Gasteiger partial charge is 0.324 e. The van der Waals surface area contributed by atoms with Crippen LogP contribution in [0, 0.1) is 0 Å². The normalized spacial score (nSPS) is 27.8. The average Bonchev–Trinajstić information content (AvgIpc) is 2.76. The fraction of sp³-hybridized carbons (Fsp3) is 0.562. The maximum absolute atomic E-state index is 12.4. The number of hydrogen-bond acceptors (Lipinski definition) is 4. The van der Waals surface area contributed by atoms with E-state index in [0.717, 1.165) is 5.69 Å². The van der Waals surface area contributed by atoms with E-state index in [1.807, 2.05) is 37.4 Å². The number of hydrogen-bond donors (Lipinski definition) is 1. The van der Waals surface area contributed by atoms with Gasteiger partial charge in [-0.05, 0) is 32.0 Å². The molecule has 0 unspecified atom stereocenters. The average molecular weight is 337 g/mol. The number of benzene rings is 1. The fourth-order valence-corrected chi connectivity index (χ4v) is 5.63. The van der Waals surface area contributed by atoms with Crippen LogP contribution in [0.25, 0.3) is 0 Å². The van der Waals surface area contributed by atoms with Crippen molar-refractivity contribution < 1.29 is 13.2 Å². The first-order valence-corrected chi connectivity index (χ1v) is 9.72. The number of rotatable bonds is 1. The third kappa shape index (κ3) is 3.50. The Morgan fingerprint density at radius 3 is 2.57 bits per heavy atom. The number of carbonyl (C=O) groups excluding carboxylic acids is 1. The first kappa shape index (κ1) is 16.3. The van der Waals surface area contributed by atoms with Gasteiger partial charge in [0.05, 0.1) is 11.0 Å². The van der Waals surface area contributed by atoms with Gasteiger partial charge >= 0.3 is 6.03 Å². The third-order valence-corrected chi connectivity index (χ3v) is 7.10. The van der Waals surface area contributed by atoms with Crippen LogP contribution < -0.4 is 5.32 Å². The highest BCUT2D eigenvalue weighted by Gasteiger charge is 2.41. The summed E-state index contributed by atoms with van der Waals surface area (Å²) >= 11 is 0. The molecule has 1 N–H and O–H groups in total. The van der Waals surface area contributed by atoms with Gasteiger partial charge in [0, 0.05) is 31.4 Å². The molecule has 2 fully saturated rings. The summed E-state index contributed by atoms with van der Waals surface area (Å²) in [5, 5.41) is 2.53. The number of urea groups is 1. The van der Waals surface area contributed by atoms with E-state index in [0.29, 0.717) is 32.5 Å². The molecule has 7 heteroatoms. The third-order valence-electron chi connectivity index (χ3n) is 4.88. The first-order valence-electron chi connectivity index (χ1n) is 8.00. The van der Waals surface area contributed by atoms with E-state index >= 15 is 0 Å². The minimum atomic E-state index is -3.05. The molecule has 0 aliphatic carbocycles. The Morgan fingerprint density at radius 2 is 1.83 bits per heavy atom. The van der Waals surface area contributed by atoms with E-state index in [1.165, 1.54) is 0 Å². The van der Waals surface area contributed by atoms with E-state index in [1.54, 1.807) is 4.90 Å². The predicted octanol–water partition coefficient (Wildman–Crippen LogP) is 1.41. The van der Waals surface area contributed by atoms with E-state index in [4.69, 9.17) is 0 Å². The maximum atomic E-state index is 12.4. The fourth-order valence-electron chi connectivity index (χ4n) is 3.50. The minimum absolute atomic E-state index is 0.0169. The Hall–Kier alpha value is -1.60. The number of nitrogens with zero attached hydrogens (tertiary/aromatic N) is 2. The van der Waals surface area contributed by atoms with Gasteiger partial charge in [-0.3, -0.25) is 0 Å². The van der Waals surface area contributed by atoms with Crippen LogP contribution in [0.1, 0.15) is 12.8 Å². The van der Waals surface area contributed by atoms with Crippen LogP contribution in [0.3, 0.4) is 0 Å². The monoisotopic (exact) mass is 337 g/mol. The van der Waals surface area contributed by atoms with Crippen LogP contribution >= 0.6 is 0 Å². The zero-order valence-corrected chi connectivity index (χ0v) is 14.1. The SMILES string of the molecule is CN1CCS(=O)(=O)[C@@H]2CCN(C(=O)Nc3ccccc3)CC[C@@H]21. The Kier molecular flexibility index (Phi) is 4.59. The van der Waals surface area contributed by atoms with Crippen LogP contribution in [0.2, 0.25) is 0 Å². The highest BCUT2D eigenvalue weighted by atomic mass is 32.2. The minimum Gasteiger partial charge on any atom is -0.324 e. The number of fused-ring (bicyclic) bond motifs is 1. The molecule has 1 aromatic rings. The lowest BCUT2D eigenvalue weighted by atomic mass is 10.1. The topological polar surface area (TPSA) is 69.7 Å². The zero-order chi connectivity index (χ0) is 16.4. The lowest BCUT2D eigenvalue weighted by Gasteiger charge is -2.37. The van der Waals surface area contributed by atoms with Crippen molar-refractivity contribution in [1.29, 1.82) is 0 Å². The molecule has 0 radical (unpaired) electrons. The molecule has 6 nitrogen and oxygen atoms in total. The van der Waals surface area contributed by atoms with Crippen molar-refractivity contribution in [2.75, 3.05) is 37.8 Å². The van der Waals surface area contributed by atoms with E-state index < -0.39 is 9.84 Å². The summed E-state index contributed by atoms with van der Waals surface area (Å²) in [6.07, 6.45) is 1.21. The molecule has 2 aliphatic heterocycles. The van der Waals surface area contributed by atoms with E-state index in [2.05, 4.69) is 10.2 Å². The van der Waals surface area contributed by atoms with Gasteiger partial charge < -0.3 is 15.1 Å². The van der Waals surface area contributed by atoms with Crippen LogP contribution in [-0.4, -0.2) is 68.0 Å². The van der Waals surface area contributed by atoms with Crippen molar-refractivity contribution in [2.45, 2.75) is 24.1 Å². The van der Waals surface area contributed by atoms with Gasteiger partial charge in [0.1, 0.15) is 0 Å². The number of para-hydroxylation sites is 1. The summed E-state index contributed by atoms with van der Waals surface area (Å²) in [7, 11) is -1.07. The molecule has 0 saturated carbocycles. The molecule has 2 aliphatic rings. The van der Waals surface area contributed by atoms with Crippen molar-refractivity contribution in [2.24, 2.45) is 0 Å². The second-order valence-electron chi connectivity index (χ2n) is 6.31. The summed E-state index contributed by atoms with van der Waals surface area (Å²) in [6, 6.07) is 9.18. The smallest absolute Gasteiger partial charge is 0.321 e. The molecule has 23 heavy (non-hydrogen) atoms. The molecule has 126 valence electrons. The molecule has 0 aromatic heterocycles. The summed E-state index contributed by atoms with van der Waals surface area (Å²) in [6.45, 7) is 1.65. The highest BCUT2D eigenvalue weighted by Crippen LogP contribution is 2.27. The molecular weight excluding hydrogens is 314 g/mol. The molecular formula is C16H23N3O3S. The number of nitrogens with one attached hydrogen (secondary N) is 1. The lowest BCUT2D eigenvalue weighted by Crippen LogP contribution is -2.52. The van der Waals surface area contributed by atoms with Gasteiger partial charge in [0.25, 0.3) is 0 Å². The number of carbonyl (C=O) groups is 1.